The third-order valence-corrected chi connectivity index (χ3v) is 12.1. The number of hydrogen-bond acceptors (Lipinski definition) is 11. The lowest BCUT2D eigenvalue weighted by molar-refractivity contribution is -0.108. The molecule has 0 saturated heterocycles. The Hall–Kier alpha value is -3.21. The van der Waals surface area contributed by atoms with Crippen molar-refractivity contribution in [2.45, 2.75) is 89.9 Å². The Balaban J connectivity index is 0.000000196. The predicted molar refractivity (Wildman–Crippen MR) is 201 cm³/mol. The van der Waals surface area contributed by atoms with Gasteiger partial charge in [0.25, 0.3) is 0 Å². The van der Waals surface area contributed by atoms with E-state index < -0.39 is 26.1 Å². The molecule has 6 rings (SSSR count). The lowest BCUT2D eigenvalue weighted by Crippen LogP contribution is -2.37. The Labute approximate surface area is 308 Å². The molecule has 4 N–H and O–H groups in total. The number of hydrogen-bond donors (Lipinski definition) is 3. The van der Waals surface area contributed by atoms with Crippen LogP contribution >= 0.6 is 0 Å². The van der Waals surface area contributed by atoms with E-state index in [0.717, 1.165) is 75.6 Å². The summed E-state index contributed by atoms with van der Waals surface area (Å²) in [5.74, 6) is -0.125. The molecule has 2 aromatic rings. The minimum Gasteiger partial charge on any atom is -0.307 e. The van der Waals surface area contributed by atoms with E-state index in [9.17, 15) is 26.4 Å². The van der Waals surface area contributed by atoms with E-state index in [1.165, 1.54) is 71.6 Å². The van der Waals surface area contributed by atoms with Crippen molar-refractivity contribution in [1.82, 2.24) is 14.8 Å². The van der Waals surface area contributed by atoms with Gasteiger partial charge in [-0.1, -0.05) is 12.1 Å². The number of nitrogens with one attached hydrogen (secondary N) is 2. The molecule has 4 aliphatic carbocycles. The van der Waals surface area contributed by atoms with Crippen molar-refractivity contribution in [3.63, 3.8) is 0 Å². The fourth-order valence-corrected chi connectivity index (χ4v) is 8.89. The third-order valence-electron chi connectivity index (χ3n) is 9.97. The van der Waals surface area contributed by atoms with Gasteiger partial charge in [-0.15, -0.1) is 0 Å². The molecule has 0 fully saturated rings. The first kappa shape index (κ1) is 41.5. The summed E-state index contributed by atoms with van der Waals surface area (Å²) >= 11 is 0. The summed E-state index contributed by atoms with van der Waals surface area (Å²) in [6.07, 6.45) is 15.6. The topological polar surface area (TPSA) is 190 Å². The maximum atomic E-state index is 12.3. The predicted octanol–water partition coefficient (Wildman–Crippen LogP) is 3.79. The Morgan fingerprint density at radius 2 is 1.17 bits per heavy atom. The second-order valence-corrected chi connectivity index (χ2v) is 17.2. The Morgan fingerprint density at radius 3 is 1.60 bits per heavy atom. The molecular weight excluding hydrogens is 709 g/mol. The maximum Gasteiger partial charge on any atom is 0.332 e. The fraction of sp³-hybridized carbons (Fsp3) is 0.611. The molecule has 0 bridgehead atoms. The number of aryl methyl sites for hydroxylation is 4. The standard InChI is InChI=1S/C18H27N3O4S.C13H13NO.C5H14N2O3S/c1-21(25-2)10-5-11-26(23,24)20-18(22)19-17-15-8-3-6-13(15)12-14-7-4-9-16(14)17;15-8-14-13-11-5-1-3-9(11)7-10-4-2-6-12(10)13;1-7(10-2)4-3-5-11(6,8)9/h12H,3-11H2,1-2H3,(H2,19,20,22);7H,1-6H2;3-5H2,1-2H3,(H2,6,8,9). The van der Waals surface area contributed by atoms with Crippen LogP contribution in [0.25, 0.3) is 0 Å². The van der Waals surface area contributed by atoms with Gasteiger partial charge < -0.3 is 15.0 Å². The number of nitrogens with two attached hydrogens (primary N) is 1. The molecule has 4 aliphatic rings. The van der Waals surface area contributed by atoms with E-state index in [1.54, 1.807) is 30.3 Å². The minimum absolute atomic E-state index is 0.000694. The molecule has 0 atom stereocenters. The van der Waals surface area contributed by atoms with Gasteiger partial charge in [-0.3, -0.25) is 0 Å². The first-order chi connectivity index (χ1) is 24.7. The first-order valence-electron chi connectivity index (χ1n) is 18.0. The van der Waals surface area contributed by atoms with Crippen LogP contribution in [-0.4, -0.2) is 92.0 Å². The zero-order valence-electron chi connectivity index (χ0n) is 30.9. The number of fused-ring (bicyclic) bond motifs is 4. The molecule has 0 aromatic heterocycles. The molecule has 2 aromatic carbocycles. The summed E-state index contributed by atoms with van der Waals surface area (Å²) in [7, 11) is -0.487. The van der Waals surface area contributed by atoms with Crippen LogP contribution < -0.4 is 15.2 Å². The van der Waals surface area contributed by atoms with Gasteiger partial charge >= 0.3 is 6.03 Å². The normalized spacial score (nSPS) is 15.4. The van der Waals surface area contributed by atoms with Gasteiger partial charge in [0.2, 0.25) is 26.1 Å². The first-order valence-corrected chi connectivity index (χ1v) is 21.3. The van der Waals surface area contributed by atoms with Gasteiger partial charge in [-0.2, -0.15) is 15.1 Å². The van der Waals surface area contributed by atoms with Crippen molar-refractivity contribution in [2.24, 2.45) is 10.1 Å². The summed E-state index contributed by atoms with van der Waals surface area (Å²) in [4.78, 5) is 36.5. The number of urea groups is 1. The lowest BCUT2D eigenvalue weighted by atomic mass is 9.99. The number of carbonyl (C=O) groups is 1. The number of nitrogens with zero attached hydrogens (tertiary/aromatic N) is 3. The van der Waals surface area contributed by atoms with Crippen LogP contribution in [0.4, 0.5) is 16.2 Å². The SMILES string of the molecule is CON(C)CCCS(=O)(=O)NC(=O)Nc1c2c(cc3c1CCC3)CCC2.CON(C)CCCS(N)(=O)=O.O=C=Nc1c2c(cc3c1CCC3)CCC2. The average molecular weight is 763 g/mol. The van der Waals surface area contributed by atoms with E-state index in [-0.39, 0.29) is 11.5 Å². The molecule has 0 saturated carbocycles. The quantitative estimate of drug-likeness (QED) is 0.154. The van der Waals surface area contributed by atoms with Crippen LogP contribution in [0, 0.1) is 0 Å². The van der Waals surface area contributed by atoms with Gasteiger partial charge in [0.05, 0.1) is 31.4 Å². The molecule has 0 aliphatic heterocycles. The molecule has 0 heterocycles. The highest BCUT2D eigenvalue weighted by atomic mass is 32.2. The lowest BCUT2D eigenvalue weighted by Gasteiger charge is -2.17. The number of carbonyl (C=O) groups excluding carboxylic acids is 2. The monoisotopic (exact) mass is 762 g/mol. The molecular formula is C36H54N6O8S2. The number of anilines is 1. The highest BCUT2D eigenvalue weighted by Gasteiger charge is 2.26. The Kier molecular flexibility index (Phi) is 15.4. The summed E-state index contributed by atoms with van der Waals surface area (Å²) < 4.78 is 47.3. The fourth-order valence-electron chi connectivity index (χ4n) is 7.41. The number of benzene rings is 2. The van der Waals surface area contributed by atoms with E-state index in [0.29, 0.717) is 25.9 Å². The molecule has 14 nitrogen and oxygen atoms in total. The molecule has 0 spiro atoms. The molecule has 2 amide bonds. The van der Waals surface area contributed by atoms with Crippen LogP contribution in [0.1, 0.15) is 83.0 Å². The van der Waals surface area contributed by atoms with Crippen LogP contribution in [0.15, 0.2) is 17.1 Å². The second kappa shape index (κ2) is 19.2. The molecule has 0 radical (unpaired) electrons. The van der Waals surface area contributed by atoms with E-state index >= 15 is 0 Å². The minimum atomic E-state index is -3.68. The maximum absolute atomic E-state index is 12.3. The van der Waals surface area contributed by atoms with Crippen molar-refractivity contribution >= 4 is 43.5 Å². The summed E-state index contributed by atoms with van der Waals surface area (Å²) in [5.41, 5.74) is 12.2. The highest BCUT2D eigenvalue weighted by Crippen LogP contribution is 2.40. The zero-order valence-corrected chi connectivity index (χ0v) is 32.5. The van der Waals surface area contributed by atoms with Crippen LogP contribution in [0.5, 0.6) is 0 Å². The van der Waals surface area contributed by atoms with Crippen molar-refractivity contribution in [3.8, 4) is 0 Å². The van der Waals surface area contributed by atoms with Crippen molar-refractivity contribution < 1.29 is 36.1 Å². The van der Waals surface area contributed by atoms with E-state index in [2.05, 4.69) is 27.2 Å². The van der Waals surface area contributed by atoms with Crippen molar-refractivity contribution in [2.75, 3.05) is 58.2 Å². The Morgan fingerprint density at radius 1 is 0.750 bits per heavy atom. The number of rotatable bonds is 13. The van der Waals surface area contributed by atoms with Gasteiger partial charge in [0.1, 0.15) is 0 Å². The van der Waals surface area contributed by atoms with Crippen molar-refractivity contribution in [3.05, 3.63) is 56.6 Å². The number of primary sulfonamides is 1. The van der Waals surface area contributed by atoms with Gasteiger partial charge in [-0.25, -0.2) is 36.3 Å². The van der Waals surface area contributed by atoms with Crippen molar-refractivity contribution in [1.29, 1.82) is 0 Å². The summed E-state index contributed by atoms with van der Waals surface area (Å²) in [6, 6.07) is 3.95. The third kappa shape index (κ3) is 11.9. The molecule has 0 unspecified atom stereocenters. The molecule has 52 heavy (non-hydrogen) atoms. The van der Waals surface area contributed by atoms with Gasteiger partial charge in [0, 0.05) is 32.9 Å². The highest BCUT2D eigenvalue weighted by molar-refractivity contribution is 7.90. The number of amides is 2. The summed E-state index contributed by atoms with van der Waals surface area (Å²) in [6.45, 7) is 1.03. The average Bonchev–Trinajstić information content (AvgIpc) is 3.91. The number of sulfonamides is 2. The van der Waals surface area contributed by atoms with Crippen LogP contribution in [-0.2, 0) is 85.9 Å². The second-order valence-electron chi connectivity index (χ2n) is 13.7. The Bertz CT molecular complexity index is 1780. The molecule has 16 heteroatoms. The number of aliphatic imine (C=N–C) groups is 1. The van der Waals surface area contributed by atoms with Crippen LogP contribution in [0.2, 0.25) is 0 Å². The largest absolute Gasteiger partial charge is 0.332 e. The van der Waals surface area contributed by atoms with Crippen LogP contribution in [0.3, 0.4) is 0 Å². The van der Waals surface area contributed by atoms with E-state index in [4.69, 9.17) is 14.8 Å². The molecule has 288 valence electrons. The number of isocyanates is 1. The van der Waals surface area contributed by atoms with Gasteiger partial charge in [-0.05, 0) is 134 Å². The van der Waals surface area contributed by atoms with Gasteiger partial charge in [0.15, 0.2) is 0 Å². The zero-order chi connectivity index (χ0) is 37.9. The number of hydroxylamine groups is 4. The summed E-state index contributed by atoms with van der Waals surface area (Å²) in [5, 5.41) is 10.7. The smallest absolute Gasteiger partial charge is 0.307 e. The van der Waals surface area contributed by atoms with E-state index in [1.807, 2.05) is 0 Å².